The number of benzene rings is 10. The Kier molecular flexibility index (Phi) is 11.4. The van der Waals surface area contributed by atoms with Crippen LogP contribution in [0.2, 0.25) is 0 Å². The summed E-state index contributed by atoms with van der Waals surface area (Å²) >= 11 is 0. The molecule has 0 bridgehead atoms. The highest BCUT2D eigenvalue weighted by molar-refractivity contribution is 6.22. The molecule has 10 aromatic carbocycles. The maximum absolute atomic E-state index is 9.46. The Morgan fingerprint density at radius 1 is 0.452 bits per heavy atom. The molecule has 6 nitrogen and oxygen atoms in total. The molecular weight excluding hydrogens is 1020 g/mol. The molecule has 6 heteroatoms. The monoisotopic (exact) mass is 1090 g/mol. The van der Waals surface area contributed by atoms with Crippen molar-refractivity contribution in [3.63, 3.8) is 0 Å². The van der Waals surface area contributed by atoms with Gasteiger partial charge in [-0.3, -0.25) is 4.57 Å². The fourth-order valence-corrected chi connectivity index (χ4v) is 13.3. The summed E-state index contributed by atoms with van der Waals surface area (Å²) in [6.45, 7) is 17.9. The molecule has 0 saturated heterocycles. The molecule has 0 amide bonds. The summed E-state index contributed by atoms with van der Waals surface area (Å²) in [5, 5.41) is 11.6. The number of anilines is 2. The topological polar surface area (TPSA) is 40.1 Å². The van der Waals surface area contributed by atoms with E-state index in [-0.39, 0.29) is 16.7 Å². The van der Waals surface area contributed by atoms with Crippen LogP contribution < -0.4 is 9.64 Å². The number of hydrogen-bond donors (Lipinski definition) is 0. The highest BCUT2D eigenvalue weighted by Crippen LogP contribution is 2.46. The first-order valence-corrected chi connectivity index (χ1v) is 29.5. The SMILES string of the molecule is [2H]C([2H])(c1cc(-c2cccc3c4ccccc4c4ccccc4c4cccc5c4n(c23)CN5c2cccc(Oc3ccc4c5cc(-n6c7ccccc7c7ccccc76)ccc5n(-c5cc(C(C)(C)C)ccn5)c4c3)c2)cc(C(C)(C)C)c1)C(C)C. The predicted octanol–water partition coefficient (Wildman–Crippen LogP) is 21.2. The smallest absolute Gasteiger partial charge is 0.137 e. The summed E-state index contributed by atoms with van der Waals surface area (Å²) in [7, 11) is 0. The van der Waals surface area contributed by atoms with Gasteiger partial charge in [-0.25, -0.2) is 4.98 Å². The number of rotatable bonds is 8. The summed E-state index contributed by atoms with van der Waals surface area (Å²) in [4.78, 5) is 7.48. The van der Waals surface area contributed by atoms with Crippen molar-refractivity contribution in [2.45, 2.75) is 79.3 Å². The van der Waals surface area contributed by atoms with Gasteiger partial charge >= 0.3 is 0 Å². The molecule has 410 valence electrons. The van der Waals surface area contributed by atoms with Crippen LogP contribution in [0, 0.1) is 5.92 Å². The van der Waals surface area contributed by atoms with Gasteiger partial charge in [0, 0.05) is 70.3 Å². The van der Waals surface area contributed by atoms with Crippen LogP contribution in [0.3, 0.4) is 0 Å². The lowest BCUT2D eigenvalue weighted by atomic mass is 9.83. The number of ether oxygens (including phenoxy) is 1. The number of fused-ring (bicyclic) bond motifs is 13. The number of aromatic nitrogens is 4. The molecule has 0 N–H and O–H groups in total. The number of hydrogen-bond acceptors (Lipinski definition) is 3. The Labute approximate surface area is 493 Å². The van der Waals surface area contributed by atoms with Crippen molar-refractivity contribution in [2.75, 3.05) is 4.90 Å². The predicted molar refractivity (Wildman–Crippen MR) is 355 cm³/mol. The van der Waals surface area contributed by atoms with Gasteiger partial charge in [-0.2, -0.15) is 0 Å². The number of para-hydroxylation sites is 4. The second-order valence-electron chi connectivity index (χ2n) is 25.1. The highest BCUT2D eigenvalue weighted by Gasteiger charge is 2.27. The first-order valence-electron chi connectivity index (χ1n) is 30.5. The third-order valence-corrected chi connectivity index (χ3v) is 17.2. The van der Waals surface area contributed by atoms with Crippen LogP contribution in [0.4, 0.5) is 11.4 Å². The number of pyridine rings is 1. The minimum Gasteiger partial charge on any atom is -0.457 e. The first-order chi connectivity index (χ1) is 41.5. The van der Waals surface area contributed by atoms with E-state index in [0.29, 0.717) is 18.0 Å². The lowest BCUT2D eigenvalue weighted by molar-refractivity contribution is 0.483. The average Bonchev–Trinajstić information content (AvgIpc) is 1.58. The third-order valence-electron chi connectivity index (χ3n) is 17.2. The molecule has 0 radical (unpaired) electrons. The molecule has 84 heavy (non-hydrogen) atoms. The van der Waals surface area contributed by atoms with Gasteiger partial charge in [0.15, 0.2) is 0 Å². The largest absolute Gasteiger partial charge is 0.457 e. The highest BCUT2D eigenvalue weighted by atomic mass is 16.5. The van der Waals surface area contributed by atoms with Gasteiger partial charge in [0.05, 0.1) is 38.8 Å². The van der Waals surface area contributed by atoms with Crippen molar-refractivity contribution in [1.82, 2.24) is 18.7 Å². The lowest BCUT2D eigenvalue weighted by Crippen LogP contribution is -2.15. The van der Waals surface area contributed by atoms with E-state index in [1.165, 1.54) is 38.1 Å². The molecular formula is C78H67N5O. The first kappa shape index (κ1) is 49.0. The van der Waals surface area contributed by atoms with E-state index in [1.807, 2.05) is 20.0 Å². The van der Waals surface area contributed by atoms with Crippen molar-refractivity contribution in [1.29, 1.82) is 0 Å². The van der Waals surface area contributed by atoms with Crippen molar-refractivity contribution in [2.24, 2.45) is 5.92 Å². The Balaban J connectivity index is 0.902. The molecule has 1 aliphatic heterocycles. The van der Waals surface area contributed by atoms with E-state index in [2.05, 4.69) is 285 Å². The van der Waals surface area contributed by atoms with Crippen LogP contribution in [0.5, 0.6) is 11.5 Å². The Morgan fingerprint density at radius 2 is 1.04 bits per heavy atom. The second-order valence-corrected chi connectivity index (χ2v) is 25.1. The van der Waals surface area contributed by atoms with Crippen molar-refractivity contribution in [3.8, 4) is 34.1 Å². The Bertz CT molecular complexity index is 5130. The van der Waals surface area contributed by atoms with E-state index in [0.717, 1.165) is 99.7 Å². The minimum atomic E-state index is -1.55. The summed E-state index contributed by atoms with van der Waals surface area (Å²) < 4.78 is 33.2. The molecule has 0 saturated carbocycles. The zero-order valence-corrected chi connectivity index (χ0v) is 48.9. The van der Waals surface area contributed by atoms with E-state index in [4.69, 9.17) is 9.72 Å². The van der Waals surface area contributed by atoms with Crippen LogP contribution in [-0.2, 0) is 23.9 Å². The molecule has 0 spiro atoms. The van der Waals surface area contributed by atoms with Crippen LogP contribution in [0.25, 0.3) is 110 Å². The lowest BCUT2D eigenvalue weighted by Gasteiger charge is -2.23. The Hall–Kier alpha value is -9.65. The molecule has 0 fully saturated rings. The van der Waals surface area contributed by atoms with Gasteiger partial charge in [-0.15, -0.1) is 0 Å². The summed E-state index contributed by atoms with van der Waals surface area (Å²) in [5.41, 5.74) is 14.5. The summed E-state index contributed by atoms with van der Waals surface area (Å²) in [5.74, 6) is 2.06. The van der Waals surface area contributed by atoms with Gasteiger partial charge in [0.1, 0.15) is 24.0 Å². The van der Waals surface area contributed by atoms with Crippen LogP contribution in [0.15, 0.2) is 231 Å². The quantitative estimate of drug-likeness (QED) is 0.152. The van der Waals surface area contributed by atoms with Crippen molar-refractivity contribution in [3.05, 3.63) is 247 Å². The summed E-state index contributed by atoms with van der Waals surface area (Å²) in [6.07, 6.45) is 0.381. The fourth-order valence-electron chi connectivity index (χ4n) is 13.3. The van der Waals surface area contributed by atoms with Crippen molar-refractivity contribution < 1.29 is 7.48 Å². The average molecular weight is 1090 g/mol. The maximum atomic E-state index is 9.46. The standard InChI is InChI=1S/C78H67N5O/c1-49(2)40-50-41-51(43-53(42-50)78(6,7)8)58-28-18-29-66-61-24-11-9-22-59(61)60-23-10-12-25-62(60)67-30-19-33-72-76(67)81(75(58)66)48-80(72)54-20-17-21-56(45-54)84-57-35-36-65-68-46-55(82-69-31-15-13-26-63(69)64-27-14-16-32-70(64)82)34-37-71(68)83(73(65)47-57)74-44-52(38-39-79-74)77(3,4)5/h9-39,41-47,49H,40,48H2,1-8H3/i40D2. The molecule has 5 heterocycles. The van der Waals surface area contributed by atoms with Crippen LogP contribution in [0.1, 0.15) is 74.8 Å². The summed E-state index contributed by atoms with van der Waals surface area (Å²) in [6, 6.07) is 81.0. The van der Waals surface area contributed by atoms with E-state index in [1.54, 1.807) is 0 Å². The molecule has 1 aliphatic rings. The van der Waals surface area contributed by atoms with Crippen LogP contribution in [-0.4, -0.2) is 18.7 Å². The molecule has 0 unspecified atom stereocenters. The van der Waals surface area contributed by atoms with Gasteiger partial charge in [0.25, 0.3) is 0 Å². The van der Waals surface area contributed by atoms with Gasteiger partial charge in [-0.05, 0) is 140 Å². The minimum absolute atomic E-state index is 0.0841. The Morgan fingerprint density at radius 3 is 1.71 bits per heavy atom. The van der Waals surface area contributed by atoms with E-state index >= 15 is 0 Å². The second kappa shape index (κ2) is 19.5. The molecule has 0 aliphatic carbocycles. The zero-order chi connectivity index (χ0) is 59.0. The fraction of sp³-hybridized carbons (Fsp3) is 0.167. The normalized spacial score (nSPS) is 13.4. The molecule has 4 aromatic heterocycles. The van der Waals surface area contributed by atoms with Gasteiger partial charge in [0.2, 0.25) is 0 Å². The zero-order valence-electron chi connectivity index (χ0n) is 50.9. The molecule has 0 atom stereocenters. The molecule has 14 aromatic rings. The van der Waals surface area contributed by atoms with E-state index < -0.39 is 6.37 Å². The van der Waals surface area contributed by atoms with Gasteiger partial charge < -0.3 is 18.8 Å². The van der Waals surface area contributed by atoms with Crippen molar-refractivity contribution >= 4 is 98.3 Å². The van der Waals surface area contributed by atoms with Gasteiger partial charge in [-0.1, -0.05) is 195 Å². The molecule has 15 rings (SSSR count). The van der Waals surface area contributed by atoms with E-state index in [9.17, 15) is 2.74 Å². The number of nitrogens with zero attached hydrogens (tertiary/aromatic N) is 5. The third kappa shape index (κ3) is 8.48. The maximum Gasteiger partial charge on any atom is 0.137 e. The van der Waals surface area contributed by atoms with Crippen LogP contribution >= 0.6 is 0 Å².